The van der Waals surface area contributed by atoms with E-state index >= 15 is 0 Å². The minimum Gasteiger partial charge on any atom is -0.207 e. The Morgan fingerprint density at radius 2 is 1.03 bits per heavy atom. The van der Waals surface area contributed by atoms with Crippen molar-refractivity contribution in [3.63, 3.8) is 0 Å². The molecule has 0 aliphatic rings. The van der Waals surface area contributed by atoms with Gasteiger partial charge in [0.15, 0.2) is 0 Å². The third-order valence-electron chi connectivity index (χ3n) is 4.26. The number of rotatable bonds is 3. The molecule has 0 aromatic heterocycles. The maximum absolute atomic E-state index is 12.4. The lowest BCUT2D eigenvalue weighted by atomic mass is 10.1. The van der Waals surface area contributed by atoms with Gasteiger partial charge in [0.05, 0.1) is 0 Å². The van der Waals surface area contributed by atoms with E-state index in [2.05, 4.69) is 38.1 Å². The Bertz CT molecular complexity index is 777. The lowest BCUT2D eigenvalue weighted by Gasteiger charge is -1.98. The molecule has 0 radical (unpaired) electrons. The largest absolute Gasteiger partial charge is 0.207 e. The quantitative estimate of drug-likeness (QED) is 0.366. The van der Waals surface area contributed by atoms with Crippen LogP contribution < -0.4 is 0 Å². The van der Waals surface area contributed by atoms with Gasteiger partial charge in [0.25, 0.3) is 0 Å². The van der Waals surface area contributed by atoms with Gasteiger partial charge in [-0.05, 0) is 72.7 Å². The van der Waals surface area contributed by atoms with Crippen LogP contribution in [0.15, 0.2) is 72.8 Å². The molecule has 0 saturated carbocycles. The minimum atomic E-state index is -0.160. The topological polar surface area (TPSA) is 0 Å². The molecule has 0 aliphatic heterocycles. The van der Waals surface area contributed by atoms with E-state index in [1.807, 2.05) is 61.5 Å². The van der Waals surface area contributed by atoms with Crippen LogP contribution in [0, 0.1) is 18.6 Å². The molecule has 3 aromatic rings. The van der Waals surface area contributed by atoms with E-state index in [9.17, 15) is 8.78 Å². The molecule has 186 valence electrons. The smallest absolute Gasteiger partial charge is 0.123 e. The van der Waals surface area contributed by atoms with Gasteiger partial charge in [0, 0.05) is 0 Å². The number of benzene rings is 3. The fraction of sp³-hybridized carbons (Fsp3) is 0.419. The average molecular weight is 459 g/mol. The summed E-state index contributed by atoms with van der Waals surface area (Å²) in [5.41, 5.74) is 5.09. The van der Waals surface area contributed by atoms with Crippen molar-refractivity contribution in [2.45, 2.75) is 88.5 Å². The first-order chi connectivity index (χ1) is 16.0. The van der Waals surface area contributed by atoms with Gasteiger partial charge in [-0.15, -0.1) is 0 Å². The molecule has 0 aliphatic carbocycles. The van der Waals surface area contributed by atoms with E-state index < -0.39 is 0 Å². The van der Waals surface area contributed by atoms with Gasteiger partial charge in [0.2, 0.25) is 0 Å². The van der Waals surface area contributed by atoms with Gasteiger partial charge in [-0.25, -0.2) is 8.78 Å². The van der Waals surface area contributed by atoms with Gasteiger partial charge >= 0.3 is 0 Å². The van der Waals surface area contributed by atoms with E-state index in [0.717, 1.165) is 24.8 Å². The molecule has 2 heteroatoms. The fourth-order valence-corrected chi connectivity index (χ4v) is 2.48. The summed E-state index contributed by atoms with van der Waals surface area (Å²) in [6.45, 7) is 20.4. The summed E-state index contributed by atoms with van der Waals surface area (Å²) in [7, 11) is 0. The van der Waals surface area contributed by atoms with E-state index in [4.69, 9.17) is 0 Å². The van der Waals surface area contributed by atoms with E-state index in [-0.39, 0.29) is 11.6 Å². The fourth-order valence-electron chi connectivity index (χ4n) is 2.48. The summed E-state index contributed by atoms with van der Waals surface area (Å²) >= 11 is 0. The third-order valence-corrected chi connectivity index (χ3v) is 4.26. The van der Waals surface area contributed by atoms with Gasteiger partial charge < -0.3 is 0 Å². The molecule has 0 N–H and O–H groups in total. The predicted molar refractivity (Wildman–Crippen MR) is 146 cm³/mol. The van der Waals surface area contributed by atoms with Crippen LogP contribution in [-0.4, -0.2) is 0 Å². The van der Waals surface area contributed by atoms with Crippen molar-refractivity contribution >= 4 is 0 Å². The summed E-state index contributed by atoms with van der Waals surface area (Å²) in [4.78, 5) is 0. The van der Waals surface area contributed by atoms with E-state index in [0.29, 0.717) is 0 Å². The maximum atomic E-state index is 12.4. The van der Waals surface area contributed by atoms with Crippen molar-refractivity contribution in [1.82, 2.24) is 0 Å². The van der Waals surface area contributed by atoms with E-state index in [1.54, 1.807) is 24.3 Å². The van der Waals surface area contributed by atoms with Crippen LogP contribution in [0.4, 0.5) is 8.78 Å². The zero-order valence-electron chi connectivity index (χ0n) is 22.8. The number of aryl methyl sites for hydroxylation is 4. The lowest BCUT2D eigenvalue weighted by Crippen LogP contribution is -1.82. The highest BCUT2D eigenvalue weighted by molar-refractivity contribution is 5.25. The zero-order chi connectivity index (χ0) is 26.1. The molecule has 0 saturated heterocycles. The molecule has 3 rings (SSSR count). The van der Waals surface area contributed by atoms with Crippen LogP contribution in [0.3, 0.4) is 0 Å². The van der Waals surface area contributed by atoms with Crippen LogP contribution >= 0.6 is 0 Å². The van der Waals surface area contributed by atoms with Crippen LogP contribution in [0.2, 0.25) is 0 Å². The zero-order valence-corrected chi connectivity index (χ0v) is 22.8. The molecule has 0 atom stereocenters. The molecule has 3 aromatic carbocycles. The van der Waals surface area contributed by atoms with Crippen molar-refractivity contribution in [2.75, 3.05) is 0 Å². The SMILES string of the molecule is CC.CC.CC.CCc1ccc(F)cc1.CCc1cccc(F)c1.CCc1ccccc1C. The maximum Gasteiger partial charge on any atom is 0.123 e. The molecule has 0 bridgehead atoms. The molecule has 0 fully saturated rings. The summed E-state index contributed by atoms with van der Waals surface area (Å²) in [5.74, 6) is -0.304. The van der Waals surface area contributed by atoms with E-state index in [1.165, 1.54) is 34.9 Å². The Labute approximate surface area is 204 Å². The number of hydrogen-bond acceptors (Lipinski definition) is 0. The van der Waals surface area contributed by atoms with Gasteiger partial charge in [-0.3, -0.25) is 0 Å². The Hall–Kier alpha value is -2.48. The number of hydrogen-bond donors (Lipinski definition) is 0. The minimum absolute atomic E-state index is 0.144. The molecular weight excluding hydrogens is 410 g/mol. The Balaban J connectivity index is -0.000000367. The summed E-state index contributed by atoms with van der Waals surface area (Å²) in [5, 5.41) is 0. The van der Waals surface area contributed by atoms with Crippen LogP contribution in [-0.2, 0) is 19.3 Å². The van der Waals surface area contributed by atoms with Crippen molar-refractivity contribution in [2.24, 2.45) is 0 Å². The standard InChI is InChI=1S/C9H12.2C8H9F.3C2H6/c1-3-9-7-5-4-6-8(9)2;1-2-7-3-5-8(9)6-4-7;1-2-7-4-3-5-8(9)6-7;3*1-2/h4-7H,3H2,1-2H3;2*3-6H,2H2,1H3;3*1-2H3. The molecule has 33 heavy (non-hydrogen) atoms. The van der Waals surface area contributed by atoms with Gasteiger partial charge in [0.1, 0.15) is 11.6 Å². The summed E-state index contributed by atoms with van der Waals surface area (Å²) < 4.78 is 24.6. The van der Waals surface area contributed by atoms with Crippen molar-refractivity contribution in [3.8, 4) is 0 Å². The first kappa shape index (κ1) is 35.1. The van der Waals surface area contributed by atoms with Crippen LogP contribution in [0.1, 0.15) is 84.6 Å². The molecule has 0 heterocycles. The second kappa shape index (κ2) is 25.8. The van der Waals surface area contributed by atoms with Crippen molar-refractivity contribution < 1.29 is 8.78 Å². The predicted octanol–water partition coefficient (Wildman–Crippen LogP) is 10.4. The van der Waals surface area contributed by atoms with Crippen LogP contribution in [0.25, 0.3) is 0 Å². The lowest BCUT2D eigenvalue weighted by molar-refractivity contribution is 0.625. The Kier molecular flexibility index (Phi) is 27.4. The first-order valence-corrected chi connectivity index (χ1v) is 12.5. The third kappa shape index (κ3) is 18.8. The molecule has 0 unspecified atom stereocenters. The second-order valence-electron chi connectivity index (χ2n) is 6.24. The molecular formula is C31H48F2. The average Bonchev–Trinajstić information content (AvgIpc) is 2.89. The Morgan fingerprint density at radius 1 is 0.515 bits per heavy atom. The normalized spacial score (nSPS) is 8.36. The first-order valence-electron chi connectivity index (χ1n) is 12.5. The summed E-state index contributed by atoms with van der Waals surface area (Å²) in [6.07, 6.45) is 3.02. The molecule has 0 spiro atoms. The van der Waals surface area contributed by atoms with Gasteiger partial charge in [-0.1, -0.05) is 111 Å². The van der Waals surface area contributed by atoms with Gasteiger partial charge in [-0.2, -0.15) is 0 Å². The van der Waals surface area contributed by atoms with Crippen molar-refractivity contribution in [3.05, 3.63) is 107 Å². The second-order valence-corrected chi connectivity index (χ2v) is 6.24. The Morgan fingerprint density at radius 3 is 1.39 bits per heavy atom. The molecule has 0 nitrogen and oxygen atoms in total. The van der Waals surface area contributed by atoms with Crippen LogP contribution in [0.5, 0.6) is 0 Å². The monoisotopic (exact) mass is 458 g/mol. The highest BCUT2D eigenvalue weighted by Crippen LogP contribution is 2.06. The number of halogens is 2. The van der Waals surface area contributed by atoms with Crippen molar-refractivity contribution in [1.29, 1.82) is 0 Å². The highest BCUT2D eigenvalue weighted by Gasteiger charge is 1.90. The summed E-state index contributed by atoms with van der Waals surface area (Å²) in [6, 6.07) is 21.7. The molecule has 0 amide bonds. The highest BCUT2D eigenvalue weighted by atomic mass is 19.1.